The van der Waals surface area contributed by atoms with Gasteiger partial charge in [0.1, 0.15) is 11.9 Å². The van der Waals surface area contributed by atoms with Gasteiger partial charge in [-0.2, -0.15) is 5.26 Å². The first-order valence-electron chi connectivity index (χ1n) is 8.13. The average molecular weight is 402 g/mol. The highest BCUT2D eigenvalue weighted by Crippen LogP contribution is 2.33. The van der Waals surface area contributed by atoms with Gasteiger partial charge >= 0.3 is 5.97 Å². The molecule has 3 rings (SSSR count). The van der Waals surface area contributed by atoms with Crippen molar-refractivity contribution in [3.63, 3.8) is 0 Å². The van der Waals surface area contributed by atoms with Gasteiger partial charge in [-0.05, 0) is 35.9 Å². The second kappa shape index (κ2) is 8.06. The summed E-state index contributed by atoms with van der Waals surface area (Å²) in [7, 11) is 0. The minimum atomic E-state index is -0.929. The Morgan fingerprint density at radius 2 is 2.11 bits per heavy atom. The number of anilines is 2. The molecule has 0 fully saturated rings. The van der Waals surface area contributed by atoms with Gasteiger partial charge in [-0.1, -0.05) is 17.7 Å². The maximum absolute atomic E-state index is 13.3. The van der Waals surface area contributed by atoms with Crippen molar-refractivity contribution >= 4 is 40.8 Å². The second-order valence-electron chi connectivity index (χ2n) is 6.00. The lowest BCUT2D eigenvalue weighted by Crippen LogP contribution is -2.30. The Morgan fingerprint density at radius 1 is 1.32 bits per heavy atom. The van der Waals surface area contributed by atoms with Crippen LogP contribution in [-0.2, 0) is 19.1 Å². The first-order chi connectivity index (χ1) is 13.4. The van der Waals surface area contributed by atoms with Gasteiger partial charge in [-0.3, -0.25) is 14.4 Å². The first kappa shape index (κ1) is 19.3. The van der Waals surface area contributed by atoms with Crippen molar-refractivity contribution in [3.8, 4) is 6.07 Å². The number of hydrogen-bond acceptors (Lipinski definition) is 5. The molecule has 0 radical (unpaired) electrons. The predicted molar refractivity (Wildman–Crippen MR) is 98.1 cm³/mol. The highest BCUT2D eigenvalue weighted by Gasteiger charge is 2.32. The van der Waals surface area contributed by atoms with Crippen molar-refractivity contribution < 1.29 is 23.5 Å². The number of halogens is 2. The van der Waals surface area contributed by atoms with Crippen LogP contribution in [0.2, 0.25) is 5.02 Å². The Balaban J connectivity index is 1.63. The summed E-state index contributed by atoms with van der Waals surface area (Å²) in [5.74, 6) is -3.31. The number of nitriles is 1. The van der Waals surface area contributed by atoms with Crippen LogP contribution in [-0.4, -0.2) is 24.4 Å². The lowest BCUT2D eigenvalue weighted by Gasteiger charge is -2.24. The second-order valence-corrected chi connectivity index (χ2v) is 6.41. The van der Waals surface area contributed by atoms with Crippen molar-refractivity contribution in [1.29, 1.82) is 5.26 Å². The van der Waals surface area contributed by atoms with E-state index in [1.54, 1.807) is 0 Å². The summed E-state index contributed by atoms with van der Waals surface area (Å²) in [6.07, 6.45) is -0.162. The Bertz CT molecular complexity index is 1020. The van der Waals surface area contributed by atoms with Crippen molar-refractivity contribution in [2.24, 2.45) is 0 Å². The van der Waals surface area contributed by atoms with Gasteiger partial charge in [0.25, 0.3) is 5.91 Å². The van der Waals surface area contributed by atoms with E-state index in [9.17, 15) is 18.8 Å². The highest BCUT2D eigenvalue weighted by molar-refractivity contribution is 6.32. The zero-order chi connectivity index (χ0) is 20.3. The van der Waals surface area contributed by atoms with Crippen molar-refractivity contribution in [2.45, 2.75) is 12.3 Å². The Hall–Kier alpha value is -3.44. The number of rotatable bonds is 4. The summed E-state index contributed by atoms with van der Waals surface area (Å²) in [6.45, 7) is -0.578. The van der Waals surface area contributed by atoms with Crippen LogP contribution >= 0.6 is 11.6 Å². The molecule has 0 saturated carbocycles. The SMILES string of the molecule is N#Cc1ccc(NC(=O)COC(=O)C2CC(=O)Nc3cc(F)ccc32)cc1Cl. The summed E-state index contributed by atoms with van der Waals surface area (Å²) >= 11 is 5.89. The normalized spacial score (nSPS) is 15.0. The van der Waals surface area contributed by atoms with Gasteiger partial charge in [0.15, 0.2) is 6.61 Å². The van der Waals surface area contributed by atoms with E-state index in [1.807, 2.05) is 6.07 Å². The van der Waals surface area contributed by atoms with E-state index in [-0.39, 0.29) is 22.7 Å². The molecule has 1 aliphatic rings. The minimum Gasteiger partial charge on any atom is -0.455 e. The van der Waals surface area contributed by atoms with E-state index in [2.05, 4.69) is 10.6 Å². The summed E-state index contributed by atoms with van der Waals surface area (Å²) in [6, 6.07) is 9.92. The van der Waals surface area contributed by atoms with Crippen molar-refractivity contribution in [2.75, 3.05) is 17.2 Å². The molecule has 1 atom stereocenters. The van der Waals surface area contributed by atoms with E-state index in [4.69, 9.17) is 21.6 Å². The number of carbonyl (C=O) groups is 3. The fraction of sp³-hybridized carbons (Fsp3) is 0.158. The third-order valence-electron chi connectivity index (χ3n) is 4.06. The van der Waals surface area contributed by atoms with Gasteiger partial charge in [0.05, 0.1) is 16.5 Å². The van der Waals surface area contributed by atoms with E-state index in [0.29, 0.717) is 11.3 Å². The molecule has 2 aromatic carbocycles. The van der Waals surface area contributed by atoms with Crippen molar-refractivity contribution in [3.05, 3.63) is 58.4 Å². The minimum absolute atomic E-state index is 0.162. The number of nitrogens with zero attached hydrogens (tertiary/aromatic N) is 1. The number of hydrogen-bond donors (Lipinski definition) is 2. The molecule has 0 aliphatic carbocycles. The topological polar surface area (TPSA) is 108 Å². The van der Waals surface area contributed by atoms with Crippen molar-refractivity contribution in [1.82, 2.24) is 0 Å². The number of fused-ring (bicyclic) bond motifs is 1. The van der Waals surface area contributed by atoms with Gasteiger partial charge in [-0.15, -0.1) is 0 Å². The number of nitrogens with one attached hydrogen (secondary N) is 2. The molecule has 0 aromatic heterocycles. The highest BCUT2D eigenvalue weighted by atomic mass is 35.5. The van der Waals surface area contributed by atoms with Crippen LogP contribution in [0.4, 0.5) is 15.8 Å². The molecule has 1 unspecified atom stereocenters. The fourth-order valence-corrected chi connectivity index (χ4v) is 2.99. The number of ether oxygens (including phenoxy) is 1. The molecule has 2 amide bonds. The Morgan fingerprint density at radius 3 is 2.82 bits per heavy atom. The van der Waals surface area contributed by atoms with Crippen LogP contribution in [0.3, 0.4) is 0 Å². The molecule has 9 heteroatoms. The van der Waals surface area contributed by atoms with E-state index in [1.165, 1.54) is 30.3 Å². The zero-order valence-electron chi connectivity index (χ0n) is 14.3. The Labute approximate surface area is 164 Å². The molecule has 28 heavy (non-hydrogen) atoms. The molecular weight excluding hydrogens is 389 g/mol. The van der Waals surface area contributed by atoms with Gasteiger partial charge < -0.3 is 15.4 Å². The first-order valence-corrected chi connectivity index (χ1v) is 8.50. The maximum atomic E-state index is 13.3. The molecule has 0 saturated heterocycles. The largest absolute Gasteiger partial charge is 0.455 e. The number of carbonyl (C=O) groups excluding carboxylic acids is 3. The lowest BCUT2D eigenvalue weighted by atomic mass is 9.90. The quantitative estimate of drug-likeness (QED) is 0.766. The summed E-state index contributed by atoms with van der Waals surface area (Å²) < 4.78 is 18.4. The van der Waals surface area contributed by atoms with E-state index >= 15 is 0 Å². The van der Waals surface area contributed by atoms with Crippen LogP contribution in [0.1, 0.15) is 23.5 Å². The third-order valence-corrected chi connectivity index (χ3v) is 4.37. The monoisotopic (exact) mass is 401 g/mol. The standard InChI is InChI=1S/C19H13ClFN3O4/c20-15-6-12(3-1-10(15)8-22)23-18(26)9-28-19(27)14-7-17(25)24-16-5-11(21)2-4-13(14)16/h1-6,14H,7,9H2,(H,23,26)(H,24,25). The average Bonchev–Trinajstić information content (AvgIpc) is 2.65. The smallest absolute Gasteiger partial charge is 0.314 e. The third kappa shape index (κ3) is 4.27. The van der Waals surface area contributed by atoms with Gasteiger partial charge in [0.2, 0.25) is 5.91 Å². The molecule has 1 heterocycles. The Kier molecular flexibility index (Phi) is 5.57. The maximum Gasteiger partial charge on any atom is 0.314 e. The van der Waals surface area contributed by atoms with Crippen LogP contribution < -0.4 is 10.6 Å². The summed E-state index contributed by atoms with van der Waals surface area (Å²) in [4.78, 5) is 36.1. The number of esters is 1. The van der Waals surface area contributed by atoms with Crippen LogP contribution in [0.15, 0.2) is 36.4 Å². The van der Waals surface area contributed by atoms with Crippen LogP contribution in [0.5, 0.6) is 0 Å². The van der Waals surface area contributed by atoms with Crippen LogP contribution in [0.25, 0.3) is 0 Å². The number of benzene rings is 2. The molecule has 2 N–H and O–H groups in total. The predicted octanol–water partition coefficient (Wildman–Crippen LogP) is 2.96. The molecule has 1 aliphatic heterocycles. The summed E-state index contributed by atoms with van der Waals surface area (Å²) in [5, 5.41) is 14.0. The van der Waals surface area contributed by atoms with E-state index < -0.39 is 36.1 Å². The number of amides is 2. The zero-order valence-corrected chi connectivity index (χ0v) is 15.0. The molecule has 0 spiro atoms. The fourth-order valence-electron chi connectivity index (χ4n) is 2.77. The molecule has 7 nitrogen and oxygen atoms in total. The molecule has 142 valence electrons. The molecule has 2 aromatic rings. The van der Waals surface area contributed by atoms with E-state index in [0.717, 1.165) is 6.07 Å². The summed E-state index contributed by atoms with van der Waals surface area (Å²) in [5.41, 5.74) is 1.22. The van der Waals surface area contributed by atoms with Gasteiger partial charge in [-0.25, -0.2) is 4.39 Å². The van der Waals surface area contributed by atoms with Gasteiger partial charge in [0, 0.05) is 17.8 Å². The molecular formula is C19H13ClFN3O4. The van der Waals surface area contributed by atoms with Crippen LogP contribution in [0, 0.1) is 17.1 Å². The molecule has 0 bridgehead atoms. The lowest BCUT2D eigenvalue weighted by molar-refractivity contribution is -0.149.